The Balaban J connectivity index is 1.52. The second-order valence-electron chi connectivity index (χ2n) is 5.95. The molecule has 0 spiro atoms. The normalized spacial score (nSPS) is 18.5. The van der Waals surface area contributed by atoms with Crippen molar-refractivity contribution in [1.29, 1.82) is 0 Å². The van der Waals surface area contributed by atoms with Gasteiger partial charge in [-0.3, -0.25) is 19.5 Å². The Labute approximate surface area is 132 Å². The molecule has 1 aliphatic heterocycles. The van der Waals surface area contributed by atoms with Crippen LogP contribution in [0.5, 0.6) is 0 Å². The third-order valence-electron chi connectivity index (χ3n) is 4.49. The maximum absolute atomic E-state index is 4.49. The highest BCUT2D eigenvalue weighted by molar-refractivity contribution is 5.08. The number of pyridine rings is 1. The molecule has 0 N–H and O–H groups in total. The molecule has 5 nitrogen and oxygen atoms in total. The highest BCUT2D eigenvalue weighted by atomic mass is 15.3. The summed E-state index contributed by atoms with van der Waals surface area (Å²) in [5.41, 5.74) is 2.48. The molecule has 0 radical (unpaired) electrons. The molecule has 0 bridgehead atoms. The highest BCUT2D eigenvalue weighted by Gasteiger charge is 2.22. The van der Waals surface area contributed by atoms with Crippen LogP contribution in [-0.2, 0) is 13.1 Å². The molecule has 0 unspecified atom stereocenters. The quantitative estimate of drug-likeness (QED) is 0.848. The molecular formula is C17H25N5. The van der Waals surface area contributed by atoms with Gasteiger partial charge < -0.3 is 0 Å². The van der Waals surface area contributed by atoms with Gasteiger partial charge in [0.25, 0.3) is 0 Å². The van der Waals surface area contributed by atoms with E-state index >= 15 is 0 Å². The molecule has 2 aromatic rings. The zero-order chi connectivity index (χ0) is 15.4. The standard InChI is InChI=1S/C17H25N5/c1-3-22-14-16(12-19-22)13-20-8-10-21(11-9-20)15(2)17-6-4-5-7-18-17/h4-7,12,14-15H,3,8-11,13H2,1-2H3/t15-/m0/s1. The Morgan fingerprint density at radius 1 is 1.18 bits per heavy atom. The minimum Gasteiger partial charge on any atom is -0.296 e. The van der Waals surface area contributed by atoms with Crippen molar-refractivity contribution >= 4 is 0 Å². The van der Waals surface area contributed by atoms with E-state index in [-0.39, 0.29) is 0 Å². The van der Waals surface area contributed by atoms with Gasteiger partial charge in [0.05, 0.1) is 11.9 Å². The van der Waals surface area contributed by atoms with Crippen molar-refractivity contribution in [3.63, 3.8) is 0 Å². The predicted molar refractivity (Wildman–Crippen MR) is 87.4 cm³/mol. The van der Waals surface area contributed by atoms with E-state index in [0.717, 1.165) is 39.3 Å². The molecule has 3 heterocycles. The zero-order valence-electron chi connectivity index (χ0n) is 13.5. The first-order valence-corrected chi connectivity index (χ1v) is 8.15. The molecule has 1 aliphatic rings. The predicted octanol–water partition coefficient (Wildman–Crippen LogP) is 2.18. The van der Waals surface area contributed by atoms with E-state index < -0.39 is 0 Å². The van der Waals surface area contributed by atoms with E-state index in [1.807, 2.05) is 23.1 Å². The molecule has 118 valence electrons. The molecular weight excluding hydrogens is 274 g/mol. The van der Waals surface area contributed by atoms with Gasteiger partial charge in [0.2, 0.25) is 0 Å². The minimum atomic E-state index is 0.395. The fraction of sp³-hybridized carbons (Fsp3) is 0.529. The van der Waals surface area contributed by atoms with Crippen LogP contribution in [-0.4, -0.2) is 50.7 Å². The Bertz CT molecular complexity index is 572. The van der Waals surface area contributed by atoms with Crippen LogP contribution in [0.3, 0.4) is 0 Å². The van der Waals surface area contributed by atoms with Gasteiger partial charge in [0.1, 0.15) is 0 Å². The average molecular weight is 299 g/mol. The van der Waals surface area contributed by atoms with E-state index in [1.54, 1.807) is 0 Å². The van der Waals surface area contributed by atoms with Crippen molar-refractivity contribution in [2.45, 2.75) is 33.0 Å². The summed E-state index contributed by atoms with van der Waals surface area (Å²) in [7, 11) is 0. The molecule has 5 heteroatoms. The number of aromatic nitrogens is 3. The van der Waals surface area contributed by atoms with Gasteiger partial charge in [0.15, 0.2) is 0 Å². The molecule has 2 aromatic heterocycles. The molecule has 1 fully saturated rings. The summed E-state index contributed by atoms with van der Waals surface area (Å²) in [5.74, 6) is 0. The van der Waals surface area contributed by atoms with Gasteiger partial charge in [-0.25, -0.2) is 0 Å². The van der Waals surface area contributed by atoms with Crippen LogP contribution in [0, 0.1) is 0 Å². The van der Waals surface area contributed by atoms with Crippen LogP contribution in [0.15, 0.2) is 36.8 Å². The maximum Gasteiger partial charge on any atom is 0.0572 e. The van der Waals surface area contributed by atoms with E-state index in [1.165, 1.54) is 11.3 Å². The minimum absolute atomic E-state index is 0.395. The van der Waals surface area contributed by atoms with Crippen LogP contribution < -0.4 is 0 Å². The number of piperazine rings is 1. The lowest BCUT2D eigenvalue weighted by Gasteiger charge is -2.37. The molecule has 1 saturated heterocycles. The number of hydrogen-bond donors (Lipinski definition) is 0. The summed E-state index contributed by atoms with van der Waals surface area (Å²) in [6.07, 6.45) is 6.03. The fourth-order valence-electron chi connectivity index (χ4n) is 3.04. The van der Waals surface area contributed by atoms with Gasteiger partial charge in [-0.1, -0.05) is 6.07 Å². The van der Waals surface area contributed by atoms with Crippen molar-refractivity contribution in [2.24, 2.45) is 0 Å². The van der Waals surface area contributed by atoms with Crippen molar-refractivity contribution in [1.82, 2.24) is 24.6 Å². The van der Waals surface area contributed by atoms with E-state index in [9.17, 15) is 0 Å². The Kier molecular flexibility index (Phi) is 4.85. The second kappa shape index (κ2) is 7.03. The highest BCUT2D eigenvalue weighted by Crippen LogP contribution is 2.20. The smallest absolute Gasteiger partial charge is 0.0572 e. The Morgan fingerprint density at radius 3 is 2.64 bits per heavy atom. The molecule has 0 saturated carbocycles. The largest absolute Gasteiger partial charge is 0.296 e. The summed E-state index contributed by atoms with van der Waals surface area (Å²) in [4.78, 5) is 9.52. The van der Waals surface area contributed by atoms with Crippen LogP contribution in [0.2, 0.25) is 0 Å². The number of hydrogen-bond acceptors (Lipinski definition) is 4. The maximum atomic E-state index is 4.49. The lowest BCUT2D eigenvalue weighted by Crippen LogP contribution is -2.46. The molecule has 0 aromatic carbocycles. The van der Waals surface area contributed by atoms with Crippen molar-refractivity contribution in [2.75, 3.05) is 26.2 Å². The third-order valence-corrected chi connectivity index (χ3v) is 4.49. The summed E-state index contributed by atoms with van der Waals surface area (Å²) in [6, 6.07) is 6.56. The fourth-order valence-corrected chi connectivity index (χ4v) is 3.04. The number of nitrogens with zero attached hydrogens (tertiary/aromatic N) is 5. The monoisotopic (exact) mass is 299 g/mol. The van der Waals surface area contributed by atoms with Crippen molar-refractivity contribution in [3.05, 3.63) is 48.0 Å². The van der Waals surface area contributed by atoms with E-state index in [0.29, 0.717) is 6.04 Å². The Morgan fingerprint density at radius 2 is 2.00 bits per heavy atom. The summed E-state index contributed by atoms with van der Waals surface area (Å²) in [5, 5.41) is 4.35. The topological polar surface area (TPSA) is 37.2 Å². The number of aryl methyl sites for hydroxylation is 1. The molecule has 22 heavy (non-hydrogen) atoms. The zero-order valence-corrected chi connectivity index (χ0v) is 13.5. The van der Waals surface area contributed by atoms with Crippen LogP contribution >= 0.6 is 0 Å². The Hall–Kier alpha value is -1.72. The molecule has 0 amide bonds. The van der Waals surface area contributed by atoms with Crippen molar-refractivity contribution in [3.8, 4) is 0 Å². The summed E-state index contributed by atoms with van der Waals surface area (Å²) in [6.45, 7) is 10.7. The molecule has 1 atom stereocenters. The second-order valence-corrected chi connectivity index (χ2v) is 5.95. The lowest BCUT2D eigenvalue weighted by atomic mass is 10.1. The van der Waals surface area contributed by atoms with Crippen LogP contribution in [0.4, 0.5) is 0 Å². The first kappa shape index (κ1) is 15.2. The SMILES string of the molecule is CCn1cc(CN2CCN([C@@H](C)c3ccccn3)CC2)cn1. The first-order chi connectivity index (χ1) is 10.8. The van der Waals surface area contributed by atoms with Crippen LogP contribution in [0.25, 0.3) is 0 Å². The van der Waals surface area contributed by atoms with Gasteiger partial charge >= 0.3 is 0 Å². The number of rotatable bonds is 5. The summed E-state index contributed by atoms with van der Waals surface area (Å²) < 4.78 is 1.99. The van der Waals surface area contributed by atoms with E-state index in [4.69, 9.17) is 0 Å². The van der Waals surface area contributed by atoms with Gasteiger partial charge in [-0.2, -0.15) is 5.10 Å². The molecule has 3 rings (SSSR count). The summed E-state index contributed by atoms with van der Waals surface area (Å²) >= 11 is 0. The lowest BCUT2D eigenvalue weighted by molar-refractivity contribution is 0.0964. The van der Waals surface area contributed by atoms with Gasteiger partial charge in [0, 0.05) is 63.3 Å². The van der Waals surface area contributed by atoms with Gasteiger partial charge in [-0.15, -0.1) is 0 Å². The third kappa shape index (κ3) is 3.54. The first-order valence-electron chi connectivity index (χ1n) is 8.15. The van der Waals surface area contributed by atoms with Crippen molar-refractivity contribution < 1.29 is 0 Å². The van der Waals surface area contributed by atoms with Gasteiger partial charge in [-0.05, 0) is 26.0 Å². The average Bonchev–Trinajstić information content (AvgIpc) is 3.03. The van der Waals surface area contributed by atoms with Crippen LogP contribution in [0.1, 0.15) is 31.1 Å². The van der Waals surface area contributed by atoms with E-state index in [2.05, 4.69) is 52.1 Å². The molecule has 0 aliphatic carbocycles.